The summed E-state index contributed by atoms with van der Waals surface area (Å²) in [7, 11) is 1.73. The molecule has 2 unspecified atom stereocenters. The molecule has 1 aliphatic rings. The molecule has 5 heteroatoms. The summed E-state index contributed by atoms with van der Waals surface area (Å²) in [6.07, 6.45) is 0.914. The molecule has 19 heavy (non-hydrogen) atoms. The molecule has 0 amide bonds. The molecule has 0 saturated carbocycles. The van der Waals surface area contributed by atoms with Crippen LogP contribution in [0.1, 0.15) is 24.9 Å². The van der Waals surface area contributed by atoms with E-state index in [1.807, 2.05) is 12.1 Å². The number of halogens is 2. The van der Waals surface area contributed by atoms with Crippen LogP contribution in [0.4, 0.5) is 0 Å². The number of hydrogen-bond acceptors (Lipinski definition) is 3. The molecule has 1 N–H and O–H groups in total. The Labute approximate surface area is 124 Å². The topological polar surface area (TPSA) is 30.5 Å². The summed E-state index contributed by atoms with van der Waals surface area (Å²) in [5.41, 5.74) is 0.823. The van der Waals surface area contributed by atoms with Crippen molar-refractivity contribution in [2.45, 2.75) is 25.0 Å². The highest BCUT2D eigenvalue weighted by atomic mass is 35.5. The van der Waals surface area contributed by atoms with Crippen molar-refractivity contribution in [3.63, 3.8) is 0 Å². The van der Waals surface area contributed by atoms with Gasteiger partial charge in [0.25, 0.3) is 0 Å². The van der Waals surface area contributed by atoms with E-state index in [0.717, 1.165) is 25.1 Å². The van der Waals surface area contributed by atoms with E-state index in [1.54, 1.807) is 13.2 Å². The zero-order valence-corrected chi connectivity index (χ0v) is 12.7. The van der Waals surface area contributed by atoms with E-state index in [9.17, 15) is 0 Å². The molecule has 0 bridgehead atoms. The van der Waals surface area contributed by atoms with Crippen LogP contribution in [0.15, 0.2) is 18.2 Å². The first kappa shape index (κ1) is 15.1. The Hall–Kier alpha value is -0.320. The number of nitrogens with one attached hydrogen (secondary N) is 1. The van der Waals surface area contributed by atoms with Crippen LogP contribution in [0.2, 0.25) is 10.0 Å². The van der Waals surface area contributed by atoms with Gasteiger partial charge in [-0.3, -0.25) is 0 Å². The molecule has 1 fully saturated rings. The molecule has 3 nitrogen and oxygen atoms in total. The zero-order chi connectivity index (χ0) is 13.9. The van der Waals surface area contributed by atoms with Crippen LogP contribution < -0.4 is 5.32 Å². The van der Waals surface area contributed by atoms with Crippen LogP contribution in [-0.2, 0) is 9.47 Å². The Morgan fingerprint density at radius 3 is 2.84 bits per heavy atom. The van der Waals surface area contributed by atoms with Gasteiger partial charge in [-0.05, 0) is 24.6 Å². The van der Waals surface area contributed by atoms with Crippen molar-refractivity contribution in [2.75, 3.05) is 26.9 Å². The van der Waals surface area contributed by atoms with E-state index in [4.69, 9.17) is 32.7 Å². The van der Waals surface area contributed by atoms with Gasteiger partial charge < -0.3 is 14.8 Å². The average Bonchev–Trinajstić information content (AvgIpc) is 2.85. The standard InChI is InChI=1S/C14H19Cl2NO2/c1-10(12-4-3-11(15)7-13(12)16)17-8-14(18-2)5-6-19-9-14/h3-4,7,10,17H,5-6,8-9H2,1-2H3. The van der Waals surface area contributed by atoms with Gasteiger partial charge in [-0.1, -0.05) is 29.3 Å². The van der Waals surface area contributed by atoms with E-state index in [2.05, 4.69) is 12.2 Å². The van der Waals surface area contributed by atoms with E-state index in [1.165, 1.54) is 0 Å². The highest BCUT2D eigenvalue weighted by molar-refractivity contribution is 6.35. The fraction of sp³-hybridized carbons (Fsp3) is 0.571. The predicted octanol–water partition coefficient (Wildman–Crippen LogP) is 3.45. The summed E-state index contributed by atoms with van der Waals surface area (Å²) >= 11 is 12.1. The van der Waals surface area contributed by atoms with E-state index in [-0.39, 0.29) is 11.6 Å². The van der Waals surface area contributed by atoms with Crippen molar-refractivity contribution in [3.05, 3.63) is 33.8 Å². The number of hydrogen-bond donors (Lipinski definition) is 1. The first-order chi connectivity index (χ1) is 9.06. The van der Waals surface area contributed by atoms with Crippen molar-refractivity contribution < 1.29 is 9.47 Å². The van der Waals surface area contributed by atoms with E-state index >= 15 is 0 Å². The lowest BCUT2D eigenvalue weighted by Gasteiger charge is -2.28. The fourth-order valence-electron chi connectivity index (χ4n) is 2.26. The van der Waals surface area contributed by atoms with Crippen LogP contribution in [-0.4, -0.2) is 32.5 Å². The third-order valence-corrected chi connectivity index (χ3v) is 4.22. The minimum atomic E-state index is -0.215. The first-order valence-electron chi connectivity index (χ1n) is 6.37. The van der Waals surface area contributed by atoms with Crippen molar-refractivity contribution in [2.24, 2.45) is 0 Å². The second kappa shape index (κ2) is 6.42. The Morgan fingerprint density at radius 2 is 2.26 bits per heavy atom. The van der Waals surface area contributed by atoms with Crippen LogP contribution in [0.5, 0.6) is 0 Å². The molecule has 0 spiro atoms. The average molecular weight is 304 g/mol. The number of ether oxygens (including phenoxy) is 2. The Morgan fingerprint density at radius 1 is 1.47 bits per heavy atom. The second-order valence-corrected chi connectivity index (χ2v) is 5.80. The molecule has 2 atom stereocenters. The highest BCUT2D eigenvalue weighted by Gasteiger charge is 2.35. The Kier molecular flexibility index (Phi) is 5.09. The van der Waals surface area contributed by atoms with Gasteiger partial charge >= 0.3 is 0 Å². The highest BCUT2D eigenvalue weighted by Crippen LogP contribution is 2.27. The third kappa shape index (κ3) is 3.61. The molecule has 1 saturated heterocycles. The normalized spacial score (nSPS) is 24.6. The maximum absolute atomic E-state index is 6.21. The van der Waals surface area contributed by atoms with Crippen LogP contribution >= 0.6 is 23.2 Å². The number of benzene rings is 1. The molecular formula is C14H19Cl2NO2. The second-order valence-electron chi connectivity index (χ2n) is 4.96. The molecule has 106 valence electrons. The molecule has 2 rings (SSSR count). The Balaban J connectivity index is 1.99. The minimum absolute atomic E-state index is 0.136. The molecule has 0 radical (unpaired) electrons. The Bertz CT molecular complexity index is 433. The summed E-state index contributed by atoms with van der Waals surface area (Å²) < 4.78 is 11.0. The minimum Gasteiger partial charge on any atom is -0.378 e. The van der Waals surface area contributed by atoms with Crippen molar-refractivity contribution in [3.8, 4) is 0 Å². The van der Waals surface area contributed by atoms with Crippen LogP contribution in [0.25, 0.3) is 0 Å². The summed E-state index contributed by atoms with van der Waals surface area (Å²) in [5.74, 6) is 0. The van der Waals surface area contributed by atoms with Gasteiger partial charge in [0, 0.05) is 42.8 Å². The van der Waals surface area contributed by atoms with Crippen molar-refractivity contribution in [1.82, 2.24) is 5.32 Å². The van der Waals surface area contributed by atoms with E-state index < -0.39 is 0 Å². The summed E-state index contributed by atoms with van der Waals surface area (Å²) in [5, 5.41) is 4.79. The largest absolute Gasteiger partial charge is 0.378 e. The lowest BCUT2D eigenvalue weighted by molar-refractivity contribution is -0.0172. The predicted molar refractivity (Wildman–Crippen MR) is 78.1 cm³/mol. The van der Waals surface area contributed by atoms with Gasteiger partial charge in [-0.15, -0.1) is 0 Å². The summed E-state index contributed by atoms with van der Waals surface area (Å²) in [4.78, 5) is 0. The first-order valence-corrected chi connectivity index (χ1v) is 7.13. The van der Waals surface area contributed by atoms with Gasteiger partial charge in [0.2, 0.25) is 0 Å². The maximum Gasteiger partial charge on any atom is 0.106 e. The molecule has 0 aromatic heterocycles. The van der Waals surface area contributed by atoms with Gasteiger partial charge in [-0.25, -0.2) is 0 Å². The maximum atomic E-state index is 6.21. The summed E-state index contributed by atoms with van der Waals surface area (Å²) in [6.45, 7) is 4.21. The quantitative estimate of drug-likeness (QED) is 0.904. The van der Waals surface area contributed by atoms with Crippen molar-refractivity contribution in [1.29, 1.82) is 0 Å². The van der Waals surface area contributed by atoms with Gasteiger partial charge in [-0.2, -0.15) is 0 Å². The van der Waals surface area contributed by atoms with Gasteiger partial charge in [0.1, 0.15) is 5.60 Å². The molecule has 1 heterocycles. The number of rotatable bonds is 5. The molecule has 1 aromatic rings. The van der Waals surface area contributed by atoms with Crippen LogP contribution in [0, 0.1) is 0 Å². The van der Waals surface area contributed by atoms with E-state index in [0.29, 0.717) is 16.7 Å². The lowest BCUT2D eigenvalue weighted by atomic mass is 10.0. The van der Waals surface area contributed by atoms with Crippen LogP contribution in [0.3, 0.4) is 0 Å². The fourth-order valence-corrected chi connectivity index (χ4v) is 2.83. The monoisotopic (exact) mass is 303 g/mol. The van der Waals surface area contributed by atoms with Gasteiger partial charge in [0.15, 0.2) is 0 Å². The smallest absolute Gasteiger partial charge is 0.106 e. The number of methoxy groups -OCH3 is 1. The van der Waals surface area contributed by atoms with Crippen molar-refractivity contribution >= 4 is 23.2 Å². The molecule has 1 aromatic carbocycles. The van der Waals surface area contributed by atoms with Gasteiger partial charge in [0.05, 0.1) is 6.61 Å². The zero-order valence-electron chi connectivity index (χ0n) is 11.2. The summed E-state index contributed by atoms with van der Waals surface area (Å²) in [6, 6.07) is 5.71. The lowest BCUT2D eigenvalue weighted by Crippen LogP contribution is -2.43. The molecular weight excluding hydrogens is 285 g/mol. The molecule has 1 aliphatic heterocycles. The third-order valence-electron chi connectivity index (χ3n) is 3.66. The molecule has 0 aliphatic carbocycles. The SMILES string of the molecule is COC1(CNC(C)c2ccc(Cl)cc2Cl)CCOC1.